The lowest BCUT2D eigenvalue weighted by molar-refractivity contribution is 0.0722. The summed E-state index contributed by atoms with van der Waals surface area (Å²) >= 11 is 5.97. The standard InChI is InChI=1S/C15H23ClN2O/c1-17(2)14-7-4-8-18(10-14)11-15(19)12-5-3-6-13(16)9-12/h3,5-6,9,14-15,19H,4,7-8,10-11H2,1-2H3. The van der Waals surface area contributed by atoms with Crippen LogP contribution in [0, 0.1) is 0 Å². The minimum Gasteiger partial charge on any atom is -0.387 e. The molecule has 4 heteroatoms. The molecule has 0 aromatic heterocycles. The second-order valence-electron chi connectivity index (χ2n) is 5.59. The highest BCUT2D eigenvalue weighted by Crippen LogP contribution is 2.21. The van der Waals surface area contributed by atoms with Gasteiger partial charge in [0.1, 0.15) is 0 Å². The first kappa shape index (κ1) is 14.8. The molecule has 106 valence electrons. The van der Waals surface area contributed by atoms with Crippen LogP contribution in [0.1, 0.15) is 24.5 Å². The summed E-state index contributed by atoms with van der Waals surface area (Å²) in [5.41, 5.74) is 0.902. The lowest BCUT2D eigenvalue weighted by Crippen LogP contribution is -2.46. The molecule has 1 heterocycles. The van der Waals surface area contributed by atoms with Crippen LogP contribution in [-0.2, 0) is 0 Å². The lowest BCUT2D eigenvalue weighted by Gasteiger charge is -2.37. The van der Waals surface area contributed by atoms with Crippen molar-refractivity contribution in [3.05, 3.63) is 34.9 Å². The second-order valence-corrected chi connectivity index (χ2v) is 6.03. The van der Waals surface area contributed by atoms with Crippen molar-refractivity contribution in [2.45, 2.75) is 25.0 Å². The Hall–Kier alpha value is -0.610. The van der Waals surface area contributed by atoms with Crippen LogP contribution in [0.4, 0.5) is 0 Å². The topological polar surface area (TPSA) is 26.7 Å². The summed E-state index contributed by atoms with van der Waals surface area (Å²) in [5, 5.41) is 11.0. The van der Waals surface area contributed by atoms with Crippen molar-refractivity contribution in [1.82, 2.24) is 9.80 Å². The van der Waals surface area contributed by atoms with E-state index in [4.69, 9.17) is 11.6 Å². The molecule has 1 aliphatic rings. The first-order valence-corrected chi connectivity index (χ1v) is 7.26. The SMILES string of the molecule is CN(C)C1CCCN(CC(O)c2cccc(Cl)c2)C1. The summed E-state index contributed by atoms with van der Waals surface area (Å²) in [4.78, 5) is 4.62. The lowest BCUT2D eigenvalue weighted by atomic mass is 10.0. The summed E-state index contributed by atoms with van der Waals surface area (Å²) in [6.07, 6.45) is 1.99. The fourth-order valence-corrected chi connectivity index (χ4v) is 2.88. The van der Waals surface area contributed by atoms with E-state index < -0.39 is 6.10 Å². The van der Waals surface area contributed by atoms with Crippen LogP contribution < -0.4 is 0 Å². The van der Waals surface area contributed by atoms with E-state index >= 15 is 0 Å². The minimum atomic E-state index is -0.459. The number of nitrogens with zero attached hydrogens (tertiary/aromatic N) is 2. The Kier molecular flexibility index (Phi) is 5.22. The number of halogens is 1. The van der Waals surface area contributed by atoms with Crippen LogP contribution in [0.2, 0.25) is 5.02 Å². The largest absolute Gasteiger partial charge is 0.387 e. The molecule has 1 aliphatic heterocycles. The van der Waals surface area contributed by atoms with Crippen LogP contribution in [0.25, 0.3) is 0 Å². The predicted molar refractivity (Wildman–Crippen MR) is 79.6 cm³/mol. The van der Waals surface area contributed by atoms with E-state index in [1.807, 2.05) is 24.3 Å². The fourth-order valence-electron chi connectivity index (χ4n) is 2.68. The molecule has 2 atom stereocenters. The van der Waals surface area contributed by atoms with Crippen LogP contribution in [0.3, 0.4) is 0 Å². The van der Waals surface area contributed by atoms with Crippen molar-refractivity contribution < 1.29 is 5.11 Å². The highest BCUT2D eigenvalue weighted by atomic mass is 35.5. The van der Waals surface area contributed by atoms with E-state index in [-0.39, 0.29) is 0 Å². The molecule has 1 fully saturated rings. The average molecular weight is 283 g/mol. The Bertz CT molecular complexity index is 411. The molecule has 2 rings (SSSR count). The third-order valence-electron chi connectivity index (χ3n) is 3.88. The average Bonchev–Trinajstić information content (AvgIpc) is 2.39. The maximum atomic E-state index is 10.3. The molecule has 0 amide bonds. The van der Waals surface area contributed by atoms with Gasteiger partial charge in [0.2, 0.25) is 0 Å². The first-order valence-electron chi connectivity index (χ1n) is 6.88. The first-order chi connectivity index (χ1) is 9.06. The third-order valence-corrected chi connectivity index (χ3v) is 4.11. The van der Waals surface area contributed by atoms with Crippen molar-refractivity contribution in [1.29, 1.82) is 0 Å². The van der Waals surface area contributed by atoms with Gasteiger partial charge >= 0.3 is 0 Å². The highest BCUT2D eigenvalue weighted by molar-refractivity contribution is 6.30. The molecule has 0 spiro atoms. The summed E-state index contributed by atoms with van der Waals surface area (Å²) in [5.74, 6) is 0. The quantitative estimate of drug-likeness (QED) is 0.919. The van der Waals surface area contributed by atoms with Crippen molar-refractivity contribution in [3.8, 4) is 0 Å². The second kappa shape index (κ2) is 6.71. The van der Waals surface area contributed by atoms with Gasteiger partial charge in [-0.1, -0.05) is 23.7 Å². The van der Waals surface area contributed by atoms with Gasteiger partial charge in [-0.15, -0.1) is 0 Å². The monoisotopic (exact) mass is 282 g/mol. The smallest absolute Gasteiger partial charge is 0.0917 e. The molecule has 3 nitrogen and oxygen atoms in total. The molecule has 1 aromatic rings. The zero-order valence-electron chi connectivity index (χ0n) is 11.7. The molecule has 0 aliphatic carbocycles. The molecule has 1 aromatic carbocycles. The Morgan fingerprint density at radius 3 is 2.95 bits per heavy atom. The summed E-state index contributed by atoms with van der Waals surface area (Å²) in [6, 6.07) is 8.10. The van der Waals surface area contributed by atoms with E-state index in [1.54, 1.807) is 0 Å². The van der Waals surface area contributed by atoms with Gasteiger partial charge in [-0.3, -0.25) is 4.90 Å². The van der Waals surface area contributed by atoms with Crippen LogP contribution >= 0.6 is 11.6 Å². The van der Waals surface area contributed by atoms with E-state index in [9.17, 15) is 5.11 Å². The number of benzene rings is 1. The molecule has 0 bridgehead atoms. The van der Waals surface area contributed by atoms with Crippen molar-refractivity contribution in [2.75, 3.05) is 33.7 Å². The molecule has 0 radical (unpaired) electrons. The molecular weight excluding hydrogens is 260 g/mol. The van der Waals surface area contributed by atoms with Gasteiger partial charge in [0.15, 0.2) is 0 Å². The number of aliphatic hydroxyl groups excluding tert-OH is 1. The zero-order chi connectivity index (χ0) is 13.8. The molecule has 1 N–H and O–H groups in total. The highest BCUT2D eigenvalue weighted by Gasteiger charge is 2.23. The fraction of sp³-hybridized carbons (Fsp3) is 0.600. The van der Waals surface area contributed by atoms with Crippen molar-refractivity contribution >= 4 is 11.6 Å². The maximum Gasteiger partial charge on any atom is 0.0917 e. The molecule has 1 saturated heterocycles. The summed E-state index contributed by atoms with van der Waals surface area (Å²) < 4.78 is 0. The predicted octanol–water partition coefficient (Wildman–Crippen LogP) is 2.40. The van der Waals surface area contributed by atoms with E-state index in [0.29, 0.717) is 17.6 Å². The molecule has 19 heavy (non-hydrogen) atoms. The summed E-state index contributed by atoms with van der Waals surface area (Å²) in [7, 11) is 4.25. The van der Waals surface area contributed by atoms with Gasteiger partial charge in [-0.05, 0) is 51.2 Å². The van der Waals surface area contributed by atoms with E-state index in [2.05, 4.69) is 23.9 Å². The number of likely N-dealkylation sites (tertiary alicyclic amines) is 1. The minimum absolute atomic E-state index is 0.459. The molecular formula is C15H23ClN2O. The van der Waals surface area contributed by atoms with E-state index in [0.717, 1.165) is 18.7 Å². The Labute approximate surface area is 120 Å². The zero-order valence-corrected chi connectivity index (χ0v) is 12.5. The maximum absolute atomic E-state index is 10.3. The number of aliphatic hydroxyl groups is 1. The number of piperidine rings is 1. The Balaban J connectivity index is 1.93. The summed E-state index contributed by atoms with van der Waals surface area (Å²) in [6.45, 7) is 2.79. The van der Waals surface area contributed by atoms with Gasteiger partial charge in [0, 0.05) is 24.2 Å². The third kappa shape index (κ3) is 4.18. The molecule has 0 saturated carbocycles. The number of rotatable bonds is 4. The Morgan fingerprint density at radius 2 is 2.26 bits per heavy atom. The molecule has 2 unspecified atom stereocenters. The number of β-amino-alcohol motifs (C(OH)–C–C–N with tert-alkyl or cyclic N) is 1. The number of likely N-dealkylation sites (N-methyl/N-ethyl adjacent to an activating group) is 1. The Morgan fingerprint density at radius 1 is 1.47 bits per heavy atom. The van der Waals surface area contributed by atoms with Crippen molar-refractivity contribution in [3.63, 3.8) is 0 Å². The normalized spacial score (nSPS) is 22.7. The van der Waals surface area contributed by atoms with Crippen LogP contribution in [-0.4, -0.2) is 54.7 Å². The van der Waals surface area contributed by atoms with Gasteiger partial charge < -0.3 is 10.0 Å². The van der Waals surface area contributed by atoms with Crippen LogP contribution in [0.5, 0.6) is 0 Å². The van der Waals surface area contributed by atoms with Crippen LogP contribution in [0.15, 0.2) is 24.3 Å². The van der Waals surface area contributed by atoms with Gasteiger partial charge in [0.25, 0.3) is 0 Å². The van der Waals surface area contributed by atoms with Crippen molar-refractivity contribution in [2.24, 2.45) is 0 Å². The van der Waals surface area contributed by atoms with E-state index in [1.165, 1.54) is 12.8 Å². The number of hydrogen-bond acceptors (Lipinski definition) is 3. The van der Waals surface area contributed by atoms with Gasteiger partial charge in [-0.2, -0.15) is 0 Å². The van der Waals surface area contributed by atoms with Gasteiger partial charge in [-0.25, -0.2) is 0 Å². The number of hydrogen-bond donors (Lipinski definition) is 1. The van der Waals surface area contributed by atoms with Gasteiger partial charge in [0.05, 0.1) is 6.10 Å².